The third-order valence-electron chi connectivity index (χ3n) is 4.06. The van der Waals surface area contributed by atoms with Crippen LogP contribution in [0.25, 0.3) is 0 Å². The zero-order valence-corrected chi connectivity index (χ0v) is 20.1. The number of anilines is 2. The van der Waals surface area contributed by atoms with E-state index in [4.69, 9.17) is 11.6 Å². The summed E-state index contributed by atoms with van der Waals surface area (Å²) >= 11 is 6.41. The summed E-state index contributed by atoms with van der Waals surface area (Å²) < 4.78 is 63.8. The fourth-order valence-electron chi connectivity index (χ4n) is 2.55. The molecule has 186 valence electrons. The van der Waals surface area contributed by atoms with Gasteiger partial charge < -0.3 is 10.6 Å². The number of carbonyl (C=O) groups is 2. The molecule has 3 rings (SSSR count). The van der Waals surface area contributed by atoms with Gasteiger partial charge in [-0.15, -0.1) is 11.3 Å². The number of nitrogens with zero attached hydrogens (tertiary/aromatic N) is 4. The van der Waals surface area contributed by atoms with Gasteiger partial charge in [0.15, 0.2) is 0 Å². The molecule has 0 saturated heterocycles. The standard InChI is InChI=1S/C18H15ClF3N7O4S2/c1-8(27-15(30)11-4-14(26-7-25-11)29-35(2,32)33)17-24-6-12(34-17)16(31)28-13-3-9(18(20,21)22)10(19)5-23-13/h3-8H,1-2H3,(H,27,30)(H,23,28,31)(H,25,26,29). The van der Waals surface area contributed by atoms with E-state index in [1.54, 1.807) is 6.92 Å². The second-order valence-electron chi connectivity index (χ2n) is 6.92. The number of amides is 2. The summed E-state index contributed by atoms with van der Waals surface area (Å²) in [7, 11) is -3.61. The molecule has 0 aliphatic carbocycles. The maximum atomic E-state index is 13.0. The Morgan fingerprint density at radius 1 is 1.06 bits per heavy atom. The van der Waals surface area contributed by atoms with Crippen LogP contribution in [0.1, 0.15) is 43.7 Å². The molecule has 3 N–H and O–H groups in total. The Bertz CT molecular complexity index is 1380. The van der Waals surface area contributed by atoms with Gasteiger partial charge in [0.05, 0.1) is 29.1 Å². The smallest absolute Gasteiger partial charge is 0.342 e. The minimum atomic E-state index is -4.73. The summed E-state index contributed by atoms with van der Waals surface area (Å²) in [5.41, 5.74) is -1.27. The van der Waals surface area contributed by atoms with Crippen LogP contribution in [0, 0.1) is 0 Å². The predicted molar refractivity (Wildman–Crippen MR) is 121 cm³/mol. The number of aromatic nitrogens is 4. The van der Waals surface area contributed by atoms with Crippen LogP contribution in [0.15, 0.2) is 30.9 Å². The SMILES string of the molecule is CC(NC(=O)c1cc(NS(C)(=O)=O)ncn1)c1ncc(C(=O)Nc2cc(C(F)(F)F)c(Cl)cn2)s1. The number of rotatable bonds is 7. The molecule has 0 fully saturated rings. The van der Waals surface area contributed by atoms with Gasteiger partial charge in [0, 0.05) is 12.3 Å². The quantitative estimate of drug-likeness (QED) is 0.406. The van der Waals surface area contributed by atoms with Crippen LogP contribution in [-0.4, -0.2) is 46.4 Å². The molecule has 3 heterocycles. The summed E-state index contributed by atoms with van der Waals surface area (Å²) in [6.07, 6.45) is -0.827. The maximum absolute atomic E-state index is 13.0. The summed E-state index contributed by atoms with van der Waals surface area (Å²) in [4.78, 5) is 40.2. The fourth-order valence-corrected chi connectivity index (χ4v) is 4.07. The lowest BCUT2D eigenvalue weighted by molar-refractivity contribution is -0.137. The molecule has 3 aromatic rings. The molecule has 0 bridgehead atoms. The monoisotopic (exact) mass is 549 g/mol. The zero-order chi connectivity index (χ0) is 26.0. The Labute approximate surface area is 205 Å². The molecule has 2 amide bonds. The number of hydrogen-bond acceptors (Lipinski definition) is 9. The highest BCUT2D eigenvalue weighted by Crippen LogP contribution is 2.35. The summed E-state index contributed by atoms with van der Waals surface area (Å²) in [5, 5.41) is 4.54. The van der Waals surface area contributed by atoms with Gasteiger partial charge in [0.2, 0.25) is 10.0 Å². The first-order chi connectivity index (χ1) is 16.2. The molecule has 0 saturated carbocycles. The maximum Gasteiger partial charge on any atom is 0.418 e. The van der Waals surface area contributed by atoms with E-state index < -0.39 is 44.6 Å². The van der Waals surface area contributed by atoms with Crippen LogP contribution in [0.4, 0.5) is 24.8 Å². The highest BCUT2D eigenvalue weighted by molar-refractivity contribution is 7.92. The van der Waals surface area contributed by atoms with E-state index in [1.807, 2.05) is 0 Å². The molecular formula is C18H15ClF3N7O4S2. The summed E-state index contributed by atoms with van der Waals surface area (Å²) in [6, 6.07) is 1.05. The number of carbonyl (C=O) groups excluding carboxylic acids is 2. The van der Waals surface area contributed by atoms with Crippen molar-refractivity contribution in [2.75, 3.05) is 16.3 Å². The van der Waals surface area contributed by atoms with Crippen molar-refractivity contribution < 1.29 is 31.2 Å². The van der Waals surface area contributed by atoms with Crippen molar-refractivity contribution in [3.05, 3.63) is 57.0 Å². The van der Waals surface area contributed by atoms with Gasteiger partial charge >= 0.3 is 6.18 Å². The van der Waals surface area contributed by atoms with Crippen LogP contribution in [0.3, 0.4) is 0 Å². The number of thiazole rings is 1. The van der Waals surface area contributed by atoms with Crippen molar-refractivity contribution in [2.24, 2.45) is 0 Å². The van der Waals surface area contributed by atoms with Gasteiger partial charge in [-0.25, -0.2) is 28.4 Å². The minimum absolute atomic E-state index is 0.0492. The molecule has 1 unspecified atom stereocenters. The van der Waals surface area contributed by atoms with Gasteiger partial charge in [-0.2, -0.15) is 13.2 Å². The highest BCUT2D eigenvalue weighted by atomic mass is 35.5. The molecule has 3 aromatic heterocycles. The first-order valence-electron chi connectivity index (χ1n) is 9.33. The van der Waals surface area contributed by atoms with Crippen LogP contribution in [-0.2, 0) is 16.2 Å². The van der Waals surface area contributed by atoms with Crippen molar-refractivity contribution in [3.8, 4) is 0 Å². The van der Waals surface area contributed by atoms with Gasteiger partial charge in [-0.1, -0.05) is 11.6 Å². The number of halogens is 4. The van der Waals surface area contributed by atoms with E-state index in [1.165, 1.54) is 6.20 Å². The average Bonchev–Trinajstić information content (AvgIpc) is 3.24. The molecule has 17 heteroatoms. The van der Waals surface area contributed by atoms with Gasteiger partial charge in [-0.3, -0.25) is 14.3 Å². The Kier molecular flexibility index (Phi) is 7.56. The van der Waals surface area contributed by atoms with Crippen LogP contribution >= 0.6 is 22.9 Å². The zero-order valence-electron chi connectivity index (χ0n) is 17.7. The first-order valence-corrected chi connectivity index (χ1v) is 12.4. The third-order valence-corrected chi connectivity index (χ3v) is 6.12. The minimum Gasteiger partial charge on any atom is -0.342 e. The molecule has 0 aliphatic heterocycles. The number of sulfonamides is 1. The lowest BCUT2D eigenvalue weighted by Gasteiger charge is -2.11. The third kappa shape index (κ3) is 7.06. The van der Waals surface area contributed by atoms with Crippen molar-refractivity contribution in [2.45, 2.75) is 19.1 Å². The first kappa shape index (κ1) is 26.2. The van der Waals surface area contributed by atoms with Crippen LogP contribution in [0.5, 0.6) is 0 Å². The molecule has 0 aromatic carbocycles. The summed E-state index contributed by atoms with van der Waals surface area (Å²) in [5.74, 6) is -1.88. The Morgan fingerprint density at radius 3 is 2.43 bits per heavy atom. The number of alkyl halides is 3. The van der Waals surface area contributed by atoms with Crippen LogP contribution in [0.2, 0.25) is 5.02 Å². The molecule has 35 heavy (non-hydrogen) atoms. The Hall–Kier alpha value is -3.37. The molecule has 11 nitrogen and oxygen atoms in total. The Balaban J connectivity index is 1.68. The number of hydrogen-bond donors (Lipinski definition) is 3. The second kappa shape index (κ2) is 10.1. The average molecular weight is 550 g/mol. The largest absolute Gasteiger partial charge is 0.418 e. The van der Waals surface area contributed by atoms with E-state index in [0.717, 1.165) is 36.2 Å². The topological polar surface area (TPSA) is 156 Å². The van der Waals surface area contributed by atoms with Crippen LogP contribution < -0.4 is 15.4 Å². The van der Waals surface area contributed by atoms with E-state index in [-0.39, 0.29) is 22.2 Å². The van der Waals surface area contributed by atoms with Gasteiger partial charge in [0.25, 0.3) is 11.8 Å². The van der Waals surface area contributed by atoms with Gasteiger partial charge in [0.1, 0.15) is 33.5 Å². The number of pyridine rings is 1. The normalized spacial score (nSPS) is 12.6. The van der Waals surface area contributed by atoms with E-state index in [0.29, 0.717) is 11.1 Å². The molecule has 0 radical (unpaired) electrons. The lowest BCUT2D eigenvalue weighted by Crippen LogP contribution is -2.27. The molecule has 0 spiro atoms. The summed E-state index contributed by atoms with van der Waals surface area (Å²) in [6.45, 7) is 1.58. The Morgan fingerprint density at radius 2 is 1.77 bits per heavy atom. The van der Waals surface area contributed by atoms with E-state index in [2.05, 4.69) is 35.3 Å². The van der Waals surface area contributed by atoms with E-state index >= 15 is 0 Å². The van der Waals surface area contributed by atoms with Crippen molar-refractivity contribution in [3.63, 3.8) is 0 Å². The molecule has 1 atom stereocenters. The predicted octanol–water partition coefficient (Wildman–Crippen LogP) is 3.12. The highest BCUT2D eigenvalue weighted by Gasteiger charge is 2.34. The van der Waals surface area contributed by atoms with Crippen molar-refractivity contribution >= 4 is 56.4 Å². The molecular weight excluding hydrogens is 535 g/mol. The van der Waals surface area contributed by atoms with E-state index in [9.17, 15) is 31.2 Å². The van der Waals surface area contributed by atoms with Gasteiger partial charge in [-0.05, 0) is 13.0 Å². The number of nitrogens with one attached hydrogen (secondary N) is 3. The fraction of sp³-hybridized carbons (Fsp3) is 0.222. The lowest BCUT2D eigenvalue weighted by atomic mass is 10.2. The van der Waals surface area contributed by atoms with Crippen molar-refractivity contribution in [1.82, 2.24) is 25.3 Å². The second-order valence-corrected chi connectivity index (χ2v) is 10.1. The van der Waals surface area contributed by atoms with Crippen molar-refractivity contribution in [1.29, 1.82) is 0 Å². The molecule has 0 aliphatic rings.